The third-order valence-corrected chi connectivity index (χ3v) is 2.00. The zero-order valence-corrected chi connectivity index (χ0v) is 8.20. The van der Waals surface area contributed by atoms with Gasteiger partial charge in [-0.3, -0.25) is 4.79 Å². The highest BCUT2D eigenvalue weighted by atomic mass is 16.5. The highest BCUT2D eigenvalue weighted by Gasteiger charge is 2.20. The average molecular weight is 182 g/mol. The van der Waals surface area contributed by atoms with Crippen molar-refractivity contribution in [3.05, 3.63) is 11.7 Å². The molecular weight excluding hydrogens is 168 g/mol. The largest absolute Gasteiger partial charge is 0.339 e. The minimum absolute atomic E-state index is 0.0776. The summed E-state index contributed by atoms with van der Waals surface area (Å²) in [6, 6.07) is 0. The van der Waals surface area contributed by atoms with Crippen molar-refractivity contribution in [2.75, 3.05) is 0 Å². The zero-order chi connectivity index (χ0) is 9.84. The normalized spacial score (nSPS) is 12.8. The van der Waals surface area contributed by atoms with E-state index in [1.54, 1.807) is 6.92 Å². The lowest BCUT2D eigenvalue weighted by Crippen LogP contribution is -2.07. The summed E-state index contributed by atoms with van der Waals surface area (Å²) < 4.78 is 4.99. The number of rotatable bonds is 4. The molecule has 1 aromatic heterocycles. The predicted molar refractivity (Wildman–Crippen MR) is 47.4 cm³/mol. The Kier molecular flexibility index (Phi) is 3.17. The molecule has 0 saturated carbocycles. The Hall–Kier alpha value is -1.19. The molecule has 1 unspecified atom stereocenters. The summed E-state index contributed by atoms with van der Waals surface area (Å²) in [6.45, 7) is 5.43. The Bertz CT molecular complexity index is 294. The molecule has 1 aromatic rings. The molecule has 1 atom stereocenters. The second-order valence-corrected chi connectivity index (χ2v) is 2.97. The molecule has 0 aliphatic heterocycles. The first-order valence-electron chi connectivity index (χ1n) is 4.52. The second kappa shape index (κ2) is 4.16. The van der Waals surface area contributed by atoms with E-state index in [2.05, 4.69) is 10.1 Å². The summed E-state index contributed by atoms with van der Waals surface area (Å²) >= 11 is 0. The molecule has 4 nitrogen and oxygen atoms in total. The Labute approximate surface area is 77.3 Å². The van der Waals surface area contributed by atoms with Gasteiger partial charge in [0, 0.05) is 6.42 Å². The minimum atomic E-state index is -0.229. The monoisotopic (exact) mass is 182 g/mol. The number of carbonyl (C=O) groups is 1. The zero-order valence-electron chi connectivity index (χ0n) is 8.20. The lowest BCUT2D eigenvalue weighted by Gasteiger charge is -2.03. The molecule has 0 aliphatic carbocycles. The molecule has 0 aliphatic rings. The van der Waals surface area contributed by atoms with Crippen LogP contribution in [0.15, 0.2) is 4.52 Å². The Morgan fingerprint density at radius 3 is 2.62 bits per heavy atom. The fourth-order valence-corrected chi connectivity index (χ4v) is 1.19. The van der Waals surface area contributed by atoms with Gasteiger partial charge in [-0.25, -0.2) is 0 Å². The Morgan fingerprint density at radius 2 is 2.23 bits per heavy atom. The lowest BCUT2D eigenvalue weighted by molar-refractivity contribution is -0.119. The van der Waals surface area contributed by atoms with Crippen LogP contribution in [0.3, 0.4) is 0 Å². The number of hydrogen-bond donors (Lipinski definition) is 0. The molecule has 0 saturated heterocycles. The maximum absolute atomic E-state index is 11.1. The van der Waals surface area contributed by atoms with E-state index in [0.29, 0.717) is 18.1 Å². The third kappa shape index (κ3) is 2.14. The van der Waals surface area contributed by atoms with Gasteiger partial charge in [0.05, 0.1) is 5.92 Å². The van der Waals surface area contributed by atoms with Gasteiger partial charge in [0.2, 0.25) is 5.89 Å². The molecular formula is C9H14N2O2. The summed E-state index contributed by atoms with van der Waals surface area (Å²) in [5.74, 6) is 0.961. The topological polar surface area (TPSA) is 56.0 Å². The molecule has 13 heavy (non-hydrogen) atoms. The van der Waals surface area contributed by atoms with Crippen LogP contribution >= 0.6 is 0 Å². The molecule has 0 bridgehead atoms. The van der Waals surface area contributed by atoms with Crippen molar-refractivity contribution in [3.8, 4) is 0 Å². The number of carbonyl (C=O) groups excluding carboxylic acids is 1. The quantitative estimate of drug-likeness (QED) is 0.711. The van der Waals surface area contributed by atoms with Gasteiger partial charge < -0.3 is 4.52 Å². The highest BCUT2D eigenvalue weighted by Crippen LogP contribution is 2.18. The van der Waals surface area contributed by atoms with E-state index in [0.717, 1.165) is 6.42 Å². The van der Waals surface area contributed by atoms with Gasteiger partial charge >= 0.3 is 0 Å². The van der Waals surface area contributed by atoms with E-state index in [1.807, 2.05) is 13.8 Å². The minimum Gasteiger partial charge on any atom is -0.339 e. The number of Topliss-reactive ketones (excluding diaryl/α,β-unsaturated/α-hetero) is 1. The van der Waals surface area contributed by atoms with Crippen LogP contribution in [0.2, 0.25) is 0 Å². The third-order valence-electron chi connectivity index (χ3n) is 2.00. The van der Waals surface area contributed by atoms with Crippen molar-refractivity contribution in [1.82, 2.24) is 10.1 Å². The smallest absolute Gasteiger partial charge is 0.237 e. The van der Waals surface area contributed by atoms with Crippen molar-refractivity contribution >= 4 is 5.78 Å². The maximum Gasteiger partial charge on any atom is 0.237 e. The molecule has 0 radical (unpaired) electrons. The molecule has 72 valence electrons. The molecule has 0 aromatic carbocycles. The van der Waals surface area contributed by atoms with Gasteiger partial charge in [0.15, 0.2) is 5.82 Å². The van der Waals surface area contributed by atoms with Crippen LogP contribution in [0.5, 0.6) is 0 Å². The first-order chi connectivity index (χ1) is 6.19. The van der Waals surface area contributed by atoms with Crippen molar-refractivity contribution < 1.29 is 9.32 Å². The molecule has 1 heterocycles. The summed E-state index contributed by atoms with van der Waals surface area (Å²) in [6.07, 6.45) is 1.44. The number of hydrogen-bond acceptors (Lipinski definition) is 4. The van der Waals surface area contributed by atoms with Crippen LogP contribution < -0.4 is 0 Å². The molecule has 4 heteroatoms. The van der Waals surface area contributed by atoms with Crippen molar-refractivity contribution in [2.45, 2.75) is 39.5 Å². The summed E-state index contributed by atoms with van der Waals surface area (Å²) in [5.41, 5.74) is 0. The highest BCUT2D eigenvalue weighted by molar-refractivity contribution is 5.82. The average Bonchev–Trinajstić information content (AvgIpc) is 2.53. The van der Waals surface area contributed by atoms with E-state index >= 15 is 0 Å². The first kappa shape index (κ1) is 9.89. The van der Waals surface area contributed by atoms with E-state index in [-0.39, 0.29) is 11.7 Å². The summed E-state index contributed by atoms with van der Waals surface area (Å²) in [4.78, 5) is 15.3. The van der Waals surface area contributed by atoms with Crippen LogP contribution in [-0.4, -0.2) is 15.9 Å². The fourth-order valence-electron chi connectivity index (χ4n) is 1.19. The van der Waals surface area contributed by atoms with Gasteiger partial charge in [-0.1, -0.05) is 19.0 Å². The SMILES string of the molecule is CCc1noc(C(CC)C(C)=O)n1. The Morgan fingerprint density at radius 1 is 1.54 bits per heavy atom. The van der Waals surface area contributed by atoms with Crippen LogP contribution in [0.1, 0.15) is 44.8 Å². The van der Waals surface area contributed by atoms with E-state index in [9.17, 15) is 4.79 Å². The van der Waals surface area contributed by atoms with Crippen LogP contribution in [0, 0.1) is 0 Å². The standard InChI is InChI=1S/C9H14N2O2/c1-4-7(6(3)12)9-10-8(5-2)11-13-9/h7H,4-5H2,1-3H3. The molecule has 0 spiro atoms. The maximum atomic E-state index is 11.1. The second-order valence-electron chi connectivity index (χ2n) is 2.97. The van der Waals surface area contributed by atoms with Gasteiger partial charge in [-0.15, -0.1) is 0 Å². The molecule has 0 N–H and O–H groups in total. The van der Waals surface area contributed by atoms with Crippen molar-refractivity contribution in [3.63, 3.8) is 0 Å². The van der Waals surface area contributed by atoms with Crippen LogP contribution in [-0.2, 0) is 11.2 Å². The first-order valence-corrected chi connectivity index (χ1v) is 4.52. The van der Waals surface area contributed by atoms with Crippen molar-refractivity contribution in [1.29, 1.82) is 0 Å². The number of aromatic nitrogens is 2. The van der Waals surface area contributed by atoms with Gasteiger partial charge in [0.25, 0.3) is 0 Å². The fraction of sp³-hybridized carbons (Fsp3) is 0.667. The Balaban J connectivity index is 2.85. The predicted octanol–water partition coefficient (Wildman–Crippen LogP) is 1.71. The van der Waals surface area contributed by atoms with Crippen molar-refractivity contribution in [2.24, 2.45) is 0 Å². The van der Waals surface area contributed by atoms with Gasteiger partial charge in [-0.2, -0.15) is 4.98 Å². The summed E-state index contributed by atoms with van der Waals surface area (Å²) in [5, 5.41) is 3.75. The van der Waals surface area contributed by atoms with E-state index in [4.69, 9.17) is 4.52 Å². The van der Waals surface area contributed by atoms with Crippen LogP contribution in [0.4, 0.5) is 0 Å². The number of ketones is 1. The van der Waals surface area contributed by atoms with E-state index < -0.39 is 0 Å². The van der Waals surface area contributed by atoms with E-state index in [1.165, 1.54) is 0 Å². The lowest BCUT2D eigenvalue weighted by atomic mass is 10.0. The van der Waals surface area contributed by atoms with Gasteiger partial charge in [-0.05, 0) is 13.3 Å². The van der Waals surface area contributed by atoms with Crippen LogP contribution in [0.25, 0.3) is 0 Å². The number of nitrogens with zero attached hydrogens (tertiary/aromatic N) is 2. The molecule has 0 amide bonds. The molecule has 0 fully saturated rings. The van der Waals surface area contributed by atoms with Gasteiger partial charge in [0.1, 0.15) is 5.78 Å². The summed E-state index contributed by atoms with van der Waals surface area (Å²) in [7, 11) is 0. The number of aryl methyl sites for hydroxylation is 1. The molecule has 1 rings (SSSR count).